The first-order chi connectivity index (χ1) is 8.97. The van der Waals surface area contributed by atoms with Crippen molar-refractivity contribution < 1.29 is 18.0 Å². The number of rotatable bonds is 3. The van der Waals surface area contributed by atoms with E-state index in [1.165, 1.54) is 31.2 Å². The number of hydrogen-bond donors (Lipinski definition) is 0. The molecule has 0 spiro atoms. The molecular weight excluding hydrogens is 253 g/mol. The van der Waals surface area contributed by atoms with Crippen LogP contribution in [-0.2, 0) is 6.42 Å². The quantitative estimate of drug-likeness (QED) is 0.770. The summed E-state index contributed by atoms with van der Waals surface area (Å²) in [5.74, 6) is -2.56. The Bertz CT molecular complexity index is 635. The maximum Gasteiger partial charge on any atom is 0.170 e. The van der Waals surface area contributed by atoms with Crippen LogP contribution in [0.25, 0.3) is 0 Å². The standard InChI is InChI=1S/C15H11F3O/c1-9-5-12(14(18)8-13(9)17)15(19)7-10-3-2-4-11(16)6-10/h2-6,8H,7H2,1H3. The van der Waals surface area contributed by atoms with Crippen LogP contribution in [0.3, 0.4) is 0 Å². The van der Waals surface area contributed by atoms with Gasteiger partial charge in [0.05, 0.1) is 5.56 Å². The van der Waals surface area contributed by atoms with Crippen molar-refractivity contribution in [3.8, 4) is 0 Å². The summed E-state index contributed by atoms with van der Waals surface area (Å²) < 4.78 is 39.6. The first-order valence-corrected chi connectivity index (χ1v) is 5.70. The van der Waals surface area contributed by atoms with Gasteiger partial charge in [-0.2, -0.15) is 0 Å². The Morgan fingerprint density at radius 3 is 2.47 bits per heavy atom. The predicted octanol–water partition coefficient (Wildman–Crippen LogP) is 3.84. The van der Waals surface area contributed by atoms with Crippen LogP contribution in [0.4, 0.5) is 13.2 Å². The second-order valence-electron chi connectivity index (χ2n) is 4.31. The molecule has 0 aliphatic carbocycles. The summed E-state index contributed by atoms with van der Waals surface area (Å²) in [6.07, 6.45) is -0.125. The molecule has 0 saturated heterocycles. The molecule has 0 radical (unpaired) electrons. The van der Waals surface area contributed by atoms with Crippen molar-refractivity contribution in [2.45, 2.75) is 13.3 Å². The minimum Gasteiger partial charge on any atom is -0.294 e. The SMILES string of the molecule is Cc1cc(C(=O)Cc2cccc(F)c2)c(F)cc1F. The van der Waals surface area contributed by atoms with Crippen molar-refractivity contribution >= 4 is 5.78 Å². The van der Waals surface area contributed by atoms with Gasteiger partial charge in [0.1, 0.15) is 17.5 Å². The molecule has 0 bridgehead atoms. The average Bonchev–Trinajstić information content (AvgIpc) is 2.33. The Labute approximate surface area is 108 Å². The fraction of sp³-hybridized carbons (Fsp3) is 0.133. The van der Waals surface area contributed by atoms with Crippen molar-refractivity contribution in [2.75, 3.05) is 0 Å². The summed E-state index contributed by atoms with van der Waals surface area (Å²) >= 11 is 0. The van der Waals surface area contributed by atoms with Gasteiger partial charge in [0.2, 0.25) is 0 Å². The van der Waals surface area contributed by atoms with Gasteiger partial charge in [-0.3, -0.25) is 4.79 Å². The van der Waals surface area contributed by atoms with Crippen molar-refractivity contribution in [3.63, 3.8) is 0 Å². The molecule has 0 N–H and O–H groups in total. The molecule has 1 nitrogen and oxygen atoms in total. The lowest BCUT2D eigenvalue weighted by atomic mass is 10.0. The highest BCUT2D eigenvalue weighted by Gasteiger charge is 2.15. The lowest BCUT2D eigenvalue weighted by Gasteiger charge is -2.05. The van der Waals surface area contributed by atoms with E-state index in [0.29, 0.717) is 11.6 Å². The number of ketones is 1. The number of carbonyl (C=O) groups is 1. The van der Waals surface area contributed by atoms with Gasteiger partial charge >= 0.3 is 0 Å². The van der Waals surface area contributed by atoms with Crippen molar-refractivity contribution in [3.05, 3.63) is 70.5 Å². The molecule has 0 atom stereocenters. The fourth-order valence-corrected chi connectivity index (χ4v) is 1.80. The molecular formula is C15H11F3O. The number of benzene rings is 2. The van der Waals surface area contributed by atoms with Gasteiger partial charge in [-0.15, -0.1) is 0 Å². The van der Waals surface area contributed by atoms with E-state index in [1.54, 1.807) is 6.07 Å². The number of halogens is 3. The second-order valence-corrected chi connectivity index (χ2v) is 4.31. The largest absolute Gasteiger partial charge is 0.294 e. The minimum atomic E-state index is -0.899. The average molecular weight is 264 g/mol. The predicted molar refractivity (Wildman–Crippen MR) is 65.5 cm³/mol. The van der Waals surface area contributed by atoms with E-state index in [-0.39, 0.29) is 17.5 Å². The minimum absolute atomic E-state index is 0.125. The number of carbonyl (C=O) groups excluding carboxylic acids is 1. The van der Waals surface area contributed by atoms with E-state index < -0.39 is 23.2 Å². The summed E-state index contributed by atoms with van der Waals surface area (Å²) in [5, 5.41) is 0. The highest BCUT2D eigenvalue weighted by atomic mass is 19.1. The summed E-state index contributed by atoms with van der Waals surface area (Å²) in [5.41, 5.74) is 0.471. The van der Waals surface area contributed by atoms with Crippen LogP contribution in [0, 0.1) is 24.4 Å². The van der Waals surface area contributed by atoms with E-state index in [1.807, 2.05) is 0 Å². The molecule has 98 valence electrons. The van der Waals surface area contributed by atoms with E-state index in [9.17, 15) is 18.0 Å². The van der Waals surface area contributed by atoms with Gasteiger partial charge in [-0.1, -0.05) is 12.1 Å². The maximum atomic E-state index is 13.5. The van der Waals surface area contributed by atoms with Gasteiger partial charge < -0.3 is 0 Å². The van der Waals surface area contributed by atoms with E-state index >= 15 is 0 Å². The summed E-state index contributed by atoms with van der Waals surface area (Å²) in [4.78, 5) is 11.9. The zero-order chi connectivity index (χ0) is 14.0. The molecule has 19 heavy (non-hydrogen) atoms. The smallest absolute Gasteiger partial charge is 0.170 e. The summed E-state index contributed by atoms with van der Waals surface area (Å²) in [6, 6.07) is 7.39. The maximum absolute atomic E-state index is 13.5. The molecule has 4 heteroatoms. The number of hydrogen-bond acceptors (Lipinski definition) is 1. The monoisotopic (exact) mass is 264 g/mol. The molecule has 0 unspecified atom stereocenters. The van der Waals surface area contributed by atoms with Crippen molar-refractivity contribution in [2.24, 2.45) is 0 Å². The number of Topliss-reactive ketones (excluding diaryl/α,β-unsaturated/α-hetero) is 1. The topological polar surface area (TPSA) is 17.1 Å². The fourth-order valence-electron chi connectivity index (χ4n) is 1.80. The van der Waals surface area contributed by atoms with E-state index in [0.717, 1.165) is 0 Å². The van der Waals surface area contributed by atoms with Crippen molar-refractivity contribution in [1.29, 1.82) is 0 Å². The van der Waals surface area contributed by atoms with E-state index in [4.69, 9.17) is 0 Å². The molecule has 0 fully saturated rings. The normalized spacial score (nSPS) is 10.5. The van der Waals surface area contributed by atoms with Crippen LogP contribution in [0.1, 0.15) is 21.5 Å². The van der Waals surface area contributed by atoms with Gasteiger partial charge in [0.25, 0.3) is 0 Å². The lowest BCUT2D eigenvalue weighted by Crippen LogP contribution is -2.07. The third-order valence-corrected chi connectivity index (χ3v) is 2.80. The zero-order valence-electron chi connectivity index (χ0n) is 10.2. The molecule has 0 aromatic heterocycles. The third kappa shape index (κ3) is 3.02. The Morgan fingerprint density at radius 1 is 1.05 bits per heavy atom. The molecule has 0 aliphatic heterocycles. The lowest BCUT2D eigenvalue weighted by molar-refractivity contribution is 0.0989. The zero-order valence-corrected chi connectivity index (χ0v) is 10.2. The first-order valence-electron chi connectivity index (χ1n) is 5.70. The summed E-state index contributed by atoms with van der Waals surface area (Å²) in [7, 11) is 0. The second kappa shape index (κ2) is 5.26. The Balaban J connectivity index is 2.28. The molecule has 2 rings (SSSR count). The molecule has 2 aromatic carbocycles. The molecule has 0 saturated carbocycles. The Morgan fingerprint density at radius 2 is 1.79 bits per heavy atom. The van der Waals surface area contributed by atoms with Crippen LogP contribution in [0.15, 0.2) is 36.4 Å². The molecule has 0 aliphatic rings. The van der Waals surface area contributed by atoms with Crippen LogP contribution in [0.5, 0.6) is 0 Å². The van der Waals surface area contributed by atoms with Crippen LogP contribution >= 0.6 is 0 Å². The summed E-state index contributed by atoms with van der Waals surface area (Å²) in [6.45, 7) is 1.45. The van der Waals surface area contributed by atoms with Crippen LogP contribution in [0.2, 0.25) is 0 Å². The number of aryl methyl sites for hydroxylation is 1. The Kier molecular flexibility index (Phi) is 3.69. The van der Waals surface area contributed by atoms with Crippen molar-refractivity contribution in [1.82, 2.24) is 0 Å². The van der Waals surface area contributed by atoms with Gasteiger partial charge in [0, 0.05) is 12.5 Å². The van der Waals surface area contributed by atoms with E-state index in [2.05, 4.69) is 0 Å². The van der Waals surface area contributed by atoms with Gasteiger partial charge in [-0.05, 0) is 36.2 Å². The highest BCUT2D eigenvalue weighted by molar-refractivity contribution is 5.97. The molecule has 0 heterocycles. The van der Waals surface area contributed by atoms with Crippen LogP contribution in [-0.4, -0.2) is 5.78 Å². The van der Waals surface area contributed by atoms with Gasteiger partial charge in [0.15, 0.2) is 5.78 Å². The van der Waals surface area contributed by atoms with Crippen LogP contribution < -0.4 is 0 Å². The first kappa shape index (κ1) is 13.3. The molecule has 2 aromatic rings. The third-order valence-electron chi connectivity index (χ3n) is 2.80. The Hall–Kier alpha value is -2.10. The molecule has 0 amide bonds. The van der Waals surface area contributed by atoms with Gasteiger partial charge in [-0.25, -0.2) is 13.2 Å². The highest BCUT2D eigenvalue weighted by Crippen LogP contribution is 2.17.